The van der Waals surface area contributed by atoms with Crippen LogP contribution in [0.25, 0.3) is 0 Å². The van der Waals surface area contributed by atoms with Gasteiger partial charge in [0.15, 0.2) is 0 Å². The number of hydrogen-bond donors (Lipinski definition) is 2. The van der Waals surface area contributed by atoms with Crippen LogP contribution in [0.15, 0.2) is 12.1 Å². The number of amides is 2. The Bertz CT molecular complexity index is 629. The van der Waals surface area contributed by atoms with E-state index in [0.717, 1.165) is 0 Å². The normalized spacial score (nSPS) is 13.0. The van der Waals surface area contributed by atoms with Crippen molar-refractivity contribution in [1.82, 2.24) is 5.32 Å². The largest absolute Gasteiger partial charge is 0.466 e. The molecule has 1 rings (SSSR count). The highest BCUT2D eigenvalue weighted by atomic mass is 19.1. The number of rotatable bonds is 7. The van der Waals surface area contributed by atoms with Gasteiger partial charge in [0, 0.05) is 12.1 Å². The number of primary amides is 1. The minimum atomic E-state index is -1.42. The lowest BCUT2D eigenvalue weighted by molar-refractivity contribution is -0.147. The maximum Gasteiger partial charge on any atom is 0.308 e. The standard InChI is InChI=1S/C15H17F3N2O4/c1-3-24-15(23)7(2)4-11(13(19)21)20-14(22)12-9(17)5-8(16)6-10(12)18/h5-7,11H,3-4H2,1-2H3,(H2,19,21)(H,20,22)/t7-,11+/m0/s1. The number of esters is 1. The van der Waals surface area contributed by atoms with E-state index in [4.69, 9.17) is 10.5 Å². The monoisotopic (exact) mass is 346 g/mol. The topological polar surface area (TPSA) is 98.5 Å². The van der Waals surface area contributed by atoms with Crippen LogP contribution in [0, 0.1) is 23.4 Å². The molecule has 3 N–H and O–H groups in total. The van der Waals surface area contributed by atoms with Crippen LogP contribution in [0.1, 0.15) is 30.6 Å². The van der Waals surface area contributed by atoms with E-state index in [2.05, 4.69) is 0 Å². The number of nitrogens with two attached hydrogens (primary N) is 1. The summed E-state index contributed by atoms with van der Waals surface area (Å²) in [4.78, 5) is 34.9. The summed E-state index contributed by atoms with van der Waals surface area (Å²) >= 11 is 0. The fourth-order valence-corrected chi connectivity index (χ4v) is 1.97. The Hall–Kier alpha value is -2.58. The molecule has 0 aliphatic rings. The number of hydrogen-bond acceptors (Lipinski definition) is 4. The molecule has 0 aliphatic heterocycles. The quantitative estimate of drug-likeness (QED) is 0.727. The van der Waals surface area contributed by atoms with Crippen LogP contribution in [0.4, 0.5) is 13.2 Å². The van der Waals surface area contributed by atoms with Crippen LogP contribution in [-0.4, -0.2) is 30.4 Å². The highest BCUT2D eigenvalue weighted by Crippen LogP contribution is 2.16. The van der Waals surface area contributed by atoms with Gasteiger partial charge in [-0.2, -0.15) is 0 Å². The van der Waals surface area contributed by atoms with Crippen LogP contribution in [0.3, 0.4) is 0 Å². The number of halogens is 3. The third-order valence-electron chi connectivity index (χ3n) is 3.16. The molecular formula is C15H17F3N2O4. The van der Waals surface area contributed by atoms with Gasteiger partial charge in [0.2, 0.25) is 5.91 Å². The molecule has 132 valence electrons. The number of carbonyl (C=O) groups is 3. The van der Waals surface area contributed by atoms with Crippen molar-refractivity contribution in [3.8, 4) is 0 Å². The fraction of sp³-hybridized carbons (Fsp3) is 0.400. The highest BCUT2D eigenvalue weighted by molar-refractivity contribution is 5.97. The average molecular weight is 346 g/mol. The Kier molecular flexibility index (Phi) is 6.75. The van der Waals surface area contributed by atoms with Crippen molar-refractivity contribution in [2.75, 3.05) is 6.61 Å². The molecule has 0 bridgehead atoms. The molecule has 2 amide bonds. The Morgan fingerprint density at radius 1 is 1.21 bits per heavy atom. The molecule has 24 heavy (non-hydrogen) atoms. The van der Waals surface area contributed by atoms with Gasteiger partial charge in [0.1, 0.15) is 29.1 Å². The Morgan fingerprint density at radius 3 is 2.21 bits per heavy atom. The molecule has 0 spiro atoms. The molecule has 0 heterocycles. The van der Waals surface area contributed by atoms with E-state index in [1.54, 1.807) is 6.92 Å². The summed E-state index contributed by atoms with van der Waals surface area (Å²) in [6.07, 6.45) is -0.218. The molecule has 0 fully saturated rings. The minimum Gasteiger partial charge on any atom is -0.466 e. The number of nitrogens with one attached hydrogen (secondary N) is 1. The van der Waals surface area contributed by atoms with E-state index in [1.807, 2.05) is 5.32 Å². The molecular weight excluding hydrogens is 329 g/mol. The lowest BCUT2D eigenvalue weighted by Crippen LogP contribution is -2.46. The third kappa shape index (κ3) is 4.97. The van der Waals surface area contributed by atoms with Crippen molar-refractivity contribution in [1.29, 1.82) is 0 Å². The fourth-order valence-electron chi connectivity index (χ4n) is 1.97. The highest BCUT2D eigenvalue weighted by Gasteiger charge is 2.28. The first-order valence-corrected chi connectivity index (χ1v) is 7.08. The van der Waals surface area contributed by atoms with E-state index < -0.39 is 52.8 Å². The van der Waals surface area contributed by atoms with Crippen molar-refractivity contribution in [2.45, 2.75) is 26.3 Å². The number of ether oxygens (including phenoxy) is 1. The van der Waals surface area contributed by atoms with Crippen molar-refractivity contribution < 1.29 is 32.3 Å². The first-order valence-electron chi connectivity index (χ1n) is 7.08. The van der Waals surface area contributed by atoms with Gasteiger partial charge >= 0.3 is 5.97 Å². The summed E-state index contributed by atoms with van der Waals surface area (Å²) in [6, 6.07) is -0.697. The van der Waals surface area contributed by atoms with Crippen molar-refractivity contribution in [2.24, 2.45) is 11.7 Å². The molecule has 9 heteroatoms. The van der Waals surface area contributed by atoms with E-state index in [-0.39, 0.29) is 13.0 Å². The van der Waals surface area contributed by atoms with E-state index in [0.29, 0.717) is 12.1 Å². The van der Waals surface area contributed by atoms with Gasteiger partial charge in [-0.3, -0.25) is 14.4 Å². The minimum absolute atomic E-state index is 0.128. The van der Waals surface area contributed by atoms with E-state index in [9.17, 15) is 27.6 Å². The number of benzene rings is 1. The predicted octanol–water partition coefficient (Wildman–Crippen LogP) is 1.28. The molecule has 2 atom stereocenters. The van der Waals surface area contributed by atoms with Gasteiger partial charge in [-0.25, -0.2) is 13.2 Å². The van der Waals surface area contributed by atoms with Gasteiger partial charge in [-0.05, 0) is 13.3 Å². The first-order chi connectivity index (χ1) is 11.2. The van der Waals surface area contributed by atoms with Crippen molar-refractivity contribution >= 4 is 17.8 Å². The second-order valence-corrected chi connectivity index (χ2v) is 5.06. The summed E-state index contributed by atoms with van der Waals surface area (Å²) < 4.78 is 44.8. The molecule has 1 aromatic carbocycles. The van der Waals surface area contributed by atoms with Gasteiger partial charge in [-0.15, -0.1) is 0 Å². The molecule has 1 aromatic rings. The Labute approximate surface area is 136 Å². The van der Waals surface area contributed by atoms with Crippen LogP contribution in [0.2, 0.25) is 0 Å². The van der Waals surface area contributed by atoms with Gasteiger partial charge in [0.05, 0.1) is 12.5 Å². The van der Waals surface area contributed by atoms with Crippen LogP contribution >= 0.6 is 0 Å². The summed E-state index contributed by atoms with van der Waals surface area (Å²) in [5.41, 5.74) is 4.08. The lowest BCUT2D eigenvalue weighted by atomic mass is 10.0. The van der Waals surface area contributed by atoms with Crippen LogP contribution in [0.5, 0.6) is 0 Å². The Morgan fingerprint density at radius 2 is 1.75 bits per heavy atom. The first kappa shape index (κ1) is 19.5. The number of carbonyl (C=O) groups excluding carboxylic acids is 3. The molecule has 6 nitrogen and oxygen atoms in total. The zero-order valence-corrected chi connectivity index (χ0v) is 13.1. The molecule has 0 aliphatic carbocycles. The summed E-state index contributed by atoms with van der Waals surface area (Å²) in [7, 11) is 0. The zero-order valence-electron chi connectivity index (χ0n) is 13.1. The van der Waals surface area contributed by atoms with Crippen molar-refractivity contribution in [3.05, 3.63) is 35.1 Å². The van der Waals surface area contributed by atoms with Crippen LogP contribution < -0.4 is 11.1 Å². The van der Waals surface area contributed by atoms with Crippen molar-refractivity contribution in [3.63, 3.8) is 0 Å². The predicted molar refractivity (Wildman–Crippen MR) is 77.2 cm³/mol. The smallest absolute Gasteiger partial charge is 0.308 e. The molecule has 0 saturated carbocycles. The summed E-state index contributed by atoms with van der Waals surface area (Å²) in [6.45, 7) is 3.17. The SMILES string of the molecule is CCOC(=O)[C@@H](C)C[C@@H](NC(=O)c1c(F)cc(F)cc1F)C(N)=O. The molecule has 0 radical (unpaired) electrons. The second-order valence-electron chi connectivity index (χ2n) is 5.06. The lowest BCUT2D eigenvalue weighted by Gasteiger charge is -2.19. The third-order valence-corrected chi connectivity index (χ3v) is 3.16. The van der Waals surface area contributed by atoms with E-state index >= 15 is 0 Å². The summed E-state index contributed by atoms with van der Waals surface area (Å²) in [5, 5.41) is 2.04. The van der Waals surface area contributed by atoms with Gasteiger partial charge < -0.3 is 15.8 Å². The maximum atomic E-state index is 13.6. The maximum absolute atomic E-state index is 13.6. The average Bonchev–Trinajstić information content (AvgIpc) is 2.45. The zero-order chi connectivity index (χ0) is 18.4. The van der Waals surface area contributed by atoms with Crippen LogP contribution in [-0.2, 0) is 14.3 Å². The van der Waals surface area contributed by atoms with Gasteiger partial charge in [-0.1, -0.05) is 6.92 Å². The summed E-state index contributed by atoms with van der Waals surface area (Å²) in [5.74, 6) is -7.72. The second kappa shape index (κ2) is 8.32. The molecule has 0 aromatic heterocycles. The Balaban J connectivity index is 2.92. The molecule has 0 unspecified atom stereocenters. The molecule has 0 saturated heterocycles. The van der Waals surface area contributed by atoms with E-state index in [1.165, 1.54) is 6.92 Å². The van der Waals surface area contributed by atoms with Gasteiger partial charge in [0.25, 0.3) is 5.91 Å².